The molecule has 3 saturated carbocycles. The molecule has 3 fully saturated rings. The molecule has 0 aliphatic heterocycles. The number of aliphatic hydroxyl groups excluding tert-OH is 2. The van der Waals surface area contributed by atoms with Crippen LogP contribution in [-0.4, -0.2) is 22.4 Å². The van der Waals surface area contributed by atoms with Gasteiger partial charge in [-0.3, -0.25) is 0 Å². The van der Waals surface area contributed by atoms with E-state index in [4.69, 9.17) is 0 Å². The molecule has 98 valence electrons. The lowest BCUT2D eigenvalue weighted by Crippen LogP contribution is -2.52. The van der Waals surface area contributed by atoms with Crippen molar-refractivity contribution in [1.82, 2.24) is 0 Å². The van der Waals surface area contributed by atoms with E-state index in [2.05, 4.69) is 20.8 Å². The van der Waals surface area contributed by atoms with E-state index >= 15 is 0 Å². The van der Waals surface area contributed by atoms with Crippen LogP contribution in [0.4, 0.5) is 0 Å². The molecule has 2 N–H and O–H groups in total. The molecule has 0 amide bonds. The molecule has 3 aliphatic rings. The Morgan fingerprint density at radius 1 is 1.00 bits per heavy atom. The molecule has 0 aromatic carbocycles. The summed E-state index contributed by atoms with van der Waals surface area (Å²) in [5.41, 5.74) is 0.444. The molecule has 0 saturated heterocycles. The summed E-state index contributed by atoms with van der Waals surface area (Å²) >= 11 is 0. The van der Waals surface area contributed by atoms with Gasteiger partial charge in [-0.1, -0.05) is 27.2 Å². The van der Waals surface area contributed by atoms with E-state index in [1.54, 1.807) is 0 Å². The first-order chi connectivity index (χ1) is 7.79. The van der Waals surface area contributed by atoms with Crippen molar-refractivity contribution in [3.05, 3.63) is 0 Å². The fourth-order valence-corrected chi connectivity index (χ4v) is 5.81. The molecule has 3 aliphatic carbocycles. The third kappa shape index (κ3) is 1.46. The first-order valence-corrected chi connectivity index (χ1v) is 7.15. The highest BCUT2D eigenvalue weighted by Crippen LogP contribution is 2.68. The van der Waals surface area contributed by atoms with Crippen molar-refractivity contribution >= 4 is 0 Å². The smallest absolute Gasteiger partial charge is 0.0600 e. The largest absolute Gasteiger partial charge is 0.393 e. The van der Waals surface area contributed by atoms with Gasteiger partial charge >= 0.3 is 0 Å². The van der Waals surface area contributed by atoms with Gasteiger partial charge in [0.15, 0.2) is 0 Å². The molecule has 1 spiro atoms. The summed E-state index contributed by atoms with van der Waals surface area (Å²) in [4.78, 5) is 0. The van der Waals surface area contributed by atoms with Crippen LogP contribution in [0.3, 0.4) is 0 Å². The molecule has 0 heterocycles. The highest BCUT2D eigenvalue weighted by molar-refractivity contribution is 5.14. The maximum atomic E-state index is 10.6. The minimum atomic E-state index is -0.234. The molecule has 2 heteroatoms. The normalized spacial score (nSPS) is 56.6. The van der Waals surface area contributed by atoms with Crippen molar-refractivity contribution in [1.29, 1.82) is 0 Å². The molecule has 2 bridgehead atoms. The monoisotopic (exact) mass is 238 g/mol. The van der Waals surface area contributed by atoms with Crippen LogP contribution in [0.5, 0.6) is 0 Å². The second-order valence-corrected chi connectivity index (χ2v) is 7.99. The first kappa shape index (κ1) is 12.0. The van der Waals surface area contributed by atoms with Crippen LogP contribution in [0.2, 0.25) is 0 Å². The van der Waals surface area contributed by atoms with Gasteiger partial charge in [-0.05, 0) is 54.3 Å². The van der Waals surface area contributed by atoms with Gasteiger partial charge in [-0.15, -0.1) is 0 Å². The average Bonchev–Trinajstić information content (AvgIpc) is 2.31. The predicted molar refractivity (Wildman–Crippen MR) is 67.5 cm³/mol. The molecule has 0 aromatic rings. The Labute approximate surface area is 104 Å². The summed E-state index contributed by atoms with van der Waals surface area (Å²) < 4.78 is 0. The lowest BCUT2D eigenvalue weighted by Gasteiger charge is -2.56. The van der Waals surface area contributed by atoms with Crippen molar-refractivity contribution in [2.45, 2.75) is 71.5 Å². The predicted octanol–water partition coefficient (Wildman–Crippen LogP) is 2.72. The molecular weight excluding hydrogens is 212 g/mol. The van der Waals surface area contributed by atoms with Crippen molar-refractivity contribution in [3.8, 4) is 0 Å². The van der Waals surface area contributed by atoms with Crippen LogP contribution >= 0.6 is 0 Å². The summed E-state index contributed by atoms with van der Waals surface area (Å²) in [6, 6.07) is 0. The first-order valence-electron chi connectivity index (χ1n) is 7.15. The molecule has 5 atom stereocenters. The molecule has 3 rings (SSSR count). The molecule has 0 radical (unpaired) electrons. The third-order valence-electron chi connectivity index (χ3n) is 6.24. The van der Waals surface area contributed by atoms with Crippen molar-refractivity contribution in [2.75, 3.05) is 0 Å². The Morgan fingerprint density at radius 2 is 1.71 bits per heavy atom. The summed E-state index contributed by atoms with van der Waals surface area (Å²) in [7, 11) is 0. The summed E-state index contributed by atoms with van der Waals surface area (Å²) in [5.74, 6) is 0.304. The quantitative estimate of drug-likeness (QED) is 0.681. The minimum absolute atomic E-state index is 0.113. The van der Waals surface area contributed by atoms with E-state index in [0.717, 1.165) is 12.8 Å². The van der Waals surface area contributed by atoms with Gasteiger partial charge in [-0.2, -0.15) is 0 Å². The van der Waals surface area contributed by atoms with Crippen molar-refractivity contribution < 1.29 is 10.2 Å². The van der Waals surface area contributed by atoms with Crippen molar-refractivity contribution in [2.24, 2.45) is 22.2 Å². The zero-order valence-electron chi connectivity index (χ0n) is 11.4. The van der Waals surface area contributed by atoms with Crippen molar-refractivity contribution in [3.63, 3.8) is 0 Å². The van der Waals surface area contributed by atoms with Crippen LogP contribution in [0.1, 0.15) is 59.3 Å². The van der Waals surface area contributed by atoms with Gasteiger partial charge in [0.25, 0.3) is 0 Å². The van der Waals surface area contributed by atoms with Crippen LogP contribution < -0.4 is 0 Å². The third-order valence-corrected chi connectivity index (χ3v) is 6.24. The van der Waals surface area contributed by atoms with Gasteiger partial charge in [0.1, 0.15) is 0 Å². The van der Waals surface area contributed by atoms with Gasteiger partial charge in [0.05, 0.1) is 12.2 Å². The number of hydrogen-bond donors (Lipinski definition) is 2. The van der Waals surface area contributed by atoms with Gasteiger partial charge in [-0.25, -0.2) is 0 Å². The Kier molecular flexibility index (Phi) is 2.30. The topological polar surface area (TPSA) is 40.5 Å². The molecule has 0 unspecified atom stereocenters. The van der Waals surface area contributed by atoms with Gasteiger partial charge < -0.3 is 10.2 Å². The molecule has 2 nitrogen and oxygen atoms in total. The highest BCUT2D eigenvalue weighted by Gasteiger charge is 2.64. The fourth-order valence-electron chi connectivity index (χ4n) is 5.81. The fraction of sp³-hybridized carbons (Fsp3) is 1.00. The van der Waals surface area contributed by atoms with E-state index in [1.165, 1.54) is 25.7 Å². The van der Waals surface area contributed by atoms with Crippen LogP contribution in [0.15, 0.2) is 0 Å². The molecule has 17 heavy (non-hydrogen) atoms. The highest BCUT2D eigenvalue weighted by atomic mass is 16.3. The zero-order valence-corrected chi connectivity index (χ0v) is 11.4. The second kappa shape index (κ2) is 3.27. The summed E-state index contributed by atoms with van der Waals surface area (Å²) in [6.07, 6.45) is 6.39. The minimum Gasteiger partial charge on any atom is -0.393 e. The number of rotatable bonds is 0. The van der Waals surface area contributed by atoms with Crippen LogP contribution in [-0.2, 0) is 0 Å². The maximum Gasteiger partial charge on any atom is 0.0600 e. The standard InChI is InChI=1S/C15H26O2/c1-13(2)11(17)8-15-6-4-5-14(3,9-15)7-10(16)12(13)15/h10-12,16-17H,4-9H2,1-3H3/t10-,11-,12-,14+,15-/m1/s1. The van der Waals surface area contributed by atoms with E-state index in [1.807, 2.05) is 0 Å². The number of aliphatic hydroxyl groups is 2. The maximum absolute atomic E-state index is 10.6. The Bertz CT molecular complexity index is 338. The van der Waals surface area contributed by atoms with E-state index < -0.39 is 0 Å². The average molecular weight is 238 g/mol. The Balaban J connectivity index is 2.03. The lowest BCUT2D eigenvalue weighted by atomic mass is 9.49. The SMILES string of the molecule is CC1(C)[C@H](O)C[C@@]23CCC[C@@](C)(C[C@@H](O)[C@H]12)C3. The van der Waals surface area contributed by atoms with E-state index in [9.17, 15) is 10.2 Å². The van der Waals surface area contributed by atoms with Crippen LogP contribution in [0, 0.1) is 22.2 Å². The summed E-state index contributed by atoms with van der Waals surface area (Å²) in [5, 5.41) is 21.0. The second-order valence-electron chi connectivity index (χ2n) is 7.99. The Morgan fingerprint density at radius 3 is 2.41 bits per heavy atom. The van der Waals surface area contributed by atoms with Crippen LogP contribution in [0.25, 0.3) is 0 Å². The number of fused-ring (bicyclic) bond motifs is 1. The lowest BCUT2D eigenvalue weighted by molar-refractivity contribution is -0.125. The molecule has 0 aromatic heterocycles. The van der Waals surface area contributed by atoms with E-state index in [-0.39, 0.29) is 23.0 Å². The molecular formula is C15H26O2. The van der Waals surface area contributed by atoms with Gasteiger partial charge in [0.2, 0.25) is 0 Å². The Hall–Kier alpha value is -0.0800. The number of hydrogen-bond acceptors (Lipinski definition) is 2. The summed E-state index contributed by atoms with van der Waals surface area (Å²) in [6.45, 7) is 6.64. The zero-order chi connectivity index (χ0) is 12.5. The van der Waals surface area contributed by atoms with Gasteiger partial charge in [0, 0.05) is 0 Å². The van der Waals surface area contributed by atoms with E-state index in [0.29, 0.717) is 11.3 Å².